The number of aromatic nitrogens is 2. The molecule has 3 rings (SSSR count). The number of amides is 1. The second-order valence-corrected chi connectivity index (χ2v) is 5.09. The van der Waals surface area contributed by atoms with Crippen LogP contribution in [0.15, 0.2) is 42.7 Å². The molecule has 2 atom stereocenters. The summed E-state index contributed by atoms with van der Waals surface area (Å²) in [5.41, 5.74) is 1.27. The number of hydrogen-bond acceptors (Lipinski definition) is 2. The molecule has 1 saturated carbocycles. The molecule has 1 aromatic carbocycles. The van der Waals surface area contributed by atoms with Gasteiger partial charge in [-0.15, -0.1) is 0 Å². The number of aromatic amines is 1. The third-order valence-electron chi connectivity index (χ3n) is 3.65. The van der Waals surface area contributed by atoms with E-state index in [1.165, 1.54) is 5.56 Å². The van der Waals surface area contributed by atoms with E-state index in [1.807, 2.05) is 25.2 Å². The van der Waals surface area contributed by atoms with Crippen LogP contribution in [0.5, 0.6) is 0 Å². The summed E-state index contributed by atoms with van der Waals surface area (Å²) in [4.78, 5) is 21.2. The predicted molar refractivity (Wildman–Crippen MR) is 72.4 cm³/mol. The van der Waals surface area contributed by atoms with Gasteiger partial charge >= 0.3 is 0 Å². The SMILES string of the molecule is CN(Cc1ncc[nH]1)C(=O)[C@@H]1C[C@H]1c1ccccc1. The Morgan fingerprint density at radius 3 is 2.89 bits per heavy atom. The highest BCUT2D eigenvalue weighted by atomic mass is 16.2. The lowest BCUT2D eigenvalue weighted by Crippen LogP contribution is -2.28. The third kappa shape index (κ3) is 2.52. The van der Waals surface area contributed by atoms with Gasteiger partial charge in [-0.2, -0.15) is 0 Å². The van der Waals surface area contributed by atoms with E-state index in [9.17, 15) is 4.79 Å². The minimum Gasteiger partial charge on any atom is -0.347 e. The number of carbonyl (C=O) groups is 1. The van der Waals surface area contributed by atoms with Gasteiger partial charge in [-0.05, 0) is 17.9 Å². The molecule has 2 aromatic rings. The lowest BCUT2D eigenvalue weighted by Gasteiger charge is -2.15. The smallest absolute Gasteiger partial charge is 0.226 e. The van der Waals surface area contributed by atoms with Gasteiger partial charge in [0.25, 0.3) is 0 Å². The highest BCUT2D eigenvalue weighted by Crippen LogP contribution is 2.48. The van der Waals surface area contributed by atoms with Crippen LogP contribution in [0.1, 0.15) is 23.7 Å². The van der Waals surface area contributed by atoms with Crippen molar-refractivity contribution in [3.05, 3.63) is 54.1 Å². The summed E-state index contributed by atoms with van der Waals surface area (Å²) in [6, 6.07) is 10.3. The van der Waals surface area contributed by atoms with Crippen molar-refractivity contribution in [2.45, 2.75) is 18.9 Å². The first-order valence-corrected chi connectivity index (χ1v) is 6.54. The van der Waals surface area contributed by atoms with Crippen LogP contribution in [-0.4, -0.2) is 27.8 Å². The van der Waals surface area contributed by atoms with Gasteiger partial charge in [0.15, 0.2) is 0 Å². The van der Waals surface area contributed by atoms with Gasteiger partial charge in [0, 0.05) is 25.4 Å². The van der Waals surface area contributed by atoms with Crippen LogP contribution in [0.2, 0.25) is 0 Å². The van der Waals surface area contributed by atoms with Gasteiger partial charge in [0.1, 0.15) is 5.82 Å². The first-order valence-electron chi connectivity index (χ1n) is 6.54. The summed E-state index contributed by atoms with van der Waals surface area (Å²) in [5.74, 6) is 1.58. The van der Waals surface area contributed by atoms with Crippen molar-refractivity contribution in [3.63, 3.8) is 0 Å². The van der Waals surface area contributed by atoms with Crippen molar-refractivity contribution in [1.82, 2.24) is 14.9 Å². The number of H-pyrrole nitrogens is 1. The standard InChI is InChI=1S/C15H17N3O/c1-18(10-14-16-7-8-17-14)15(19)13-9-12(13)11-5-3-2-4-6-11/h2-8,12-13H,9-10H2,1H3,(H,16,17)/t12-,13+/m0/s1. The normalized spacial score (nSPS) is 21.1. The minimum absolute atomic E-state index is 0.141. The Kier molecular flexibility index (Phi) is 3.07. The van der Waals surface area contributed by atoms with Gasteiger partial charge in [-0.3, -0.25) is 4.79 Å². The van der Waals surface area contributed by atoms with E-state index in [-0.39, 0.29) is 11.8 Å². The van der Waals surface area contributed by atoms with Crippen LogP contribution in [0.4, 0.5) is 0 Å². The summed E-state index contributed by atoms with van der Waals surface area (Å²) < 4.78 is 0. The molecule has 1 heterocycles. The molecule has 0 saturated heterocycles. The molecule has 4 heteroatoms. The molecular weight excluding hydrogens is 238 g/mol. The van der Waals surface area contributed by atoms with Crippen LogP contribution in [0.3, 0.4) is 0 Å². The first kappa shape index (κ1) is 12.0. The average Bonchev–Trinajstić information content (AvgIpc) is 3.09. The Bertz CT molecular complexity index is 550. The van der Waals surface area contributed by atoms with Crippen molar-refractivity contribution in [3.8, 4) is 0 Å². The summed E-state index contributed by atoms with van der Waals surface area (Å²) in [6.07, 6.45) is 4.44. The zero-order chi connectivity index (χ0) is 13.2. The maximum Gasteiger partial charge on any atom is 0.226 e. The number of carbonyl (C=O) groups excluding carboxylic acids is 1. The summed E-state index contributed by atoms with van der Waals surface area (Å²) in [7, 11) is 1.84. The highest BCUT2D eigenvalue weighted by molar-refractivity contribution is 5.82. The molecular formula is C15H17N3O. The molecule has 4 nitrogen and oxygen atoms in total. The topological polar surface area (TPSA) is 49.0 Å². The Morgan fingerprint density at radius 2 is 2.21 bits per heavy atom. The van der Waals surface area contributed by atoms with Crippen molar-refractivity contribution in [2.75, 3.05) is 7.05 Å². The van der Waals surface area contributed by atoms with Crippen LogP contribution in [-0.2, 0) is 11.3 Å². The summed E-state index contributed by atoms with van der Waals surface area (Å²) in [5, 5.41) is 0. The molecule has 1 N–H and O–H groups in total. The van der Waals surface area contributed by atoms with E-state index in [1.54, 1.807) is 17.3 Å². The zero-order valence-corrected chi connectivity index (χ0v) is 10.9. The number of nitrogens with one attached hydrogen (secondary N) is 1. The Morgan fingerprint density at radius 1 is 1.42 bits per heavy atom. The van der Waals surface area contributed by atoms with Crippen molar-refractivity contribution in [1.29, 1.82) is 0 Å². The lowest BCUT2D eigenvalue weighted by atomic mass is 10.1. The minimum atomic E-state index is 0.141. The summed E-state index contributed by atoms with van der Waals surface area (Å²) >= 11 is 0. The predicted octanol–water partition coefficient (Wildman–Crippen LogP) is 2.17. The van der Waals surface area contributed by atoms with E-state index in [2.05, 4.69) is 22.1 Å². The van der Waals surface area contributed by atoms with Crippen LogP contribution >= 0.6 is 0 Å². The van der Waals surface area contributed by atoms with Crippen LogP contribution in [0, 0.1) is 5.92 Å². The molecule has 1 aromatic heterocycles. The lowest BCUT2D eigenvalue weighted by molar-refractivity contribution is -0.132. The first-order chi connectivity index (χ1) is 9.25. The van der Waals surface area contributed by atoms with E-state index in [0.29, 0.717) is 12.5 Å². The van der Waals surface area contributed by atoms with Crippen molar-refractivity contribution < 1.29 is 4.79 Å². The molecule has 1 fully saturated rings. The third-order valence-corrected chi connectivity index (χ3v) is 3.65. The quantitative estimate of drug-likeness (QED) is 0.910. The molecule has 0 bridgehead atoms. The Hall–Kier alpha value is -2.10. The second-order valence-electron chi connectivity index (χ2n) is 5.09. The van der Waals surface area contributed by atoms with Crippen LogP contribution < -0.4 is 0 Å². The Labute approximate surface area is 112 Å². The molecule has 0 unspecified atom stereocenters. The monoisotopic (exact) mass is 255 g/mol. The van der Waals surface area contributed by atoms with Gasteiger partial charge in [0.05, 0.1) is 6.54 Å². The molecule has 0 aliphatic heterocycles. The second kappa shape index (κ2) is 4.88. The van der Waals surface area contributed by atoms with E-state index in [4.69, 9.17) is 0 Å². The molecule has 1 amide bonds. The molecule has 0 spiro atoms. The largest absolute Gasteiger partial charge is 0.347 e. The molecule has 1 aliphatic carbocycles. The number of nitrogens with zero attached hydrogens (tertiary/aromatic N) is 2. The maximum absolute atomic E-state index is 12.3. The van der Waals surface area contributed by atoms with Gasteiger partial charge in [-0.1, -0.05) is 30.3 Å². The van der Waals surface area contributed by atoms with Gasteiger partial charge in [0.2, 0.25) is 5.91 Å². The summed E-state index contributed by atoms with van der Waals surface area (Å²) in [6.45, 7) is 0.545. The van der Waals surface area contributed by atoms with Crippen molar-refractivity contribution >= 4 is 5.91 Å². The van der Waals surface area contributed by atoms with Gasteiger partial charge < -0.3 is 9.88 Å². The Balaban J connectivity index is 1.60. The maximum atomic E-state index is 12.3. The molecule has 98 valence electrons. The fraction of sp³-hybridized carbons (Fsp3) is 0.333. The average molecular weight is 255 g/mol. The van der Waals surface area contributed by atoms with E-state index >= 15 is 0 Å². The zero-order valence-electron chi connectivity index (χ0n) is 10.9. The number of benzene rings is 1. The van der Waals surface area contributed by atoms with Gasteiger partial charge in [-0.25, -0.2) is 4.98 Å². The van der Waals surface area contributed by atoms with E-state index in [0.717, 1.165) is 12.2 Å². The fourth-order valence-corrected chi connectivity index (χ4v) is 2.51. The molecule has 1 aliphatic rings. The number of imidazole rings is 1. The number of rotatable bonds is 4. The molecule has 0 radical (unpaired) electrons. The van der Waals surface area contributed by atoms with E-state index < -0.39 is 0 Å². The van der Waals surface area contributed by atoms with Crippen LogP contribution in [0.25, 0.3) is 0 Å². The molecule has 19 heavy (non-hydrogen) atoms. The number of hydrogen-bond donors (Lipinski definition) is 1. The fourth-order valence-electron chi connectivity index (χ4n) is 2.51. The highest BCUT2D eigenvalue weighted by Gasteiger charge is 2.45. The van der Waals surface area contributed by atoms with Crippen molar-refractivity contribution in [2.24, 2.45) is 5.92 Å².